The van der Waals surface area contributed by atoms with Crippen molar-refractivity contribution >= 4 is 22.7 Å². The number of nitrogens with zero attached hydrogens (tertiary/aromatic N) is 1. The summed E-state index contributed by atoms with van der Waals surface area (Å²) >= 11 is 0. The van der Waals surface area contributed by atoms with Gasteiger partial charge >= 0.3 is 0 Å². The second-order valence-corrected chi connectivity index (χ2v) is 6.66. The average molecular weight is 395 g/mol. The number of rotatable bonds is 6. The maximum atomic E-state index is 14.6. The van der Waals surface area contributed by atoms with E-state index in [2.05, 4.69) is 0 Å². The molecule has 1 atom stereocenters. The van der Waals surface area contributed by atoms with Gasteiger partial charge in [0.1, 0.15) is 11.4 Å². The predicted octanol–water partition coefficient (Wildman–Crippen LogP) is 3.80. The van der Waals surface area contributed by atoms with Gasteiger partial charge in [0.25, 0.3) is 5.91 Å². The maximum absolute atomic E-state index is 14.6. The van der Waals surface area contributed by atoms with Gasteiger partial charge in [0, 0.05) is 24.6 Å². The van der Waals surface area contributed by atoms with Crippen molar-refractivity contribution in [3.05, 3.63) is 83.1 Å². The fraction of sp³-hybridized carbons (Fsp3) is 0.182. The zero-order valence-electron chi connectivity index (χ0n) is 15.6. The van der Waals surface area contributed by atoms with E-state index in [0.29, 0.717) is 11.0 Å². The zero-order valence-corrected chi connectivity index (χ0v) is 15.6. The fourth-order valence-corrected chi connectivity index (χ4v) is 3.55. The molecule has 6 nitrogen and oxygen atoms in total. The number of aliphatic hydroxyl groups is 1. The highest BCUT2D eigenvalue weighted by Crippen LogP contribution is 2.40. The summed E-state index contributed by atoms with van der Waals surface area (Å²) in [5, 5.41) is 11.2. The Morgan fingerprint density at radius 2 is 1.93 bits per heavy atom. The molecule has 0 spiro atoms. The SMILES string of the molecule is COCCN1C(=O)C(O)=C(C(=O)c2cc3ccccc3o2)C1c1ccccc1F. The van der Waals surface area contributed by atoms with Crippen LogP contribution in [0.5, 0.6) is 0 Å². The number of hydrogen-bond donors (Lipinski definition) is 1. The van der Waals surface area contributed by atoms with Crippen LogP contribution in [-0.2, 0) is 9.53 Å². The summed E-state index contributed by atoms with van der Waals surface area (Å²) in [5.74, 6) is -2.75. The molecule has 0 radical (unpaired) electrons. The van der Waals surface area contributed by atoms with Crippen molar-refractivity contribution in [2.75, 3.05) is 20.3 Å². The first-order valence-corrected chi connectivity index (χ1v) is 9.03. The molecule has 7 heteroatoms. The van der Waals surface area contributed by atoms with Gasteiger partial charge in [-0.05, 0) is 18.2 Å². The average Bonchev–Trinajstić information content (AvgIpc) is 3.26. The molecule has 0 saturated heterocycles. The van der Waals surface area contributed by atoms with Crippen molar-refractivity contribution in [2.24, 2.45) is 0 Å². The third kappa shape index (κ3) is 3.19. The third-order valence-electron chi connectivity index (χ3n) is 4.93. The largest absolute Gasteiger partial charge is 0.503 e. The minimum Gasteiger partial charge on any atom is -0.503 e. The number of halogens is 1. The topological polar surface area (TPSA) is 80.0 Å². The highest BCUT2D eigenvalue weighted by Gasteiger charge is 2.45. The molecule has 1 aliphatic rings. The summed E-state index contributed by atoms with van der Waals surface area (Å²) in [4.78, 5) is 27.2. The van der Waals surface area contributed by atoms with Crippen molar-refractivity contribution in [1.82, 2.24) is 4.90 Å². The molecule has 0 bridgehead atoms. The minimum absolute atomic E-state index is 0.0320. The van der Waals surface area contributed by atoms with E-state index in [-0.39, 0.29) is 30.0 Å². The molecule has 0 saturated carbocycles. The molecule has 4 rings (SSSR count). The molecular formula is C22H18FNO5. The lowest BCUT2D eigenvalue weighted by Gasteiger charge is -2.26. The summed E-state index contributed by atoms with van der Waals surface area (Å²) in [6.07, 6.45) is 0. The first kappa shape index (κ1) is 18.9. The third-order valence-corrected chi connectivity index (χ3v) is 4.93. The Bertz CT molecular complexity index is 1100. The second kappa shape index (κ2) is 7.52. The Labute approximate surface area is 165 Å². The first-order valence-electron chi connectivity index (χ1n) is 9.03. The van der Waals surface area contributed by atoms with Gasteiger partial charge in [-0.25, -0.2) is 4.39 Å². The lowest BCUT2D eigenvalue weighted by atomic mass is 9.94. The monoisotopic (exact) mass is 395 g/mol. The van der Waals surface area contributed by atoms with Crippen LogP contribution in [-0.4, -0.2) is 42.0 Å². The zero-order chi connectivity index (χ0) is 20.5. The normalized spacial score (nSPS) is 16.8. The van der Waals surface area contributed by atoms with Crippen LogP contribution in [0, 0.1) is 5.82 Å². The van der Waals surface area contributed by atoms with E-state index in [9.17, 15) is 19.1 Å². The summed E-state index contributed by atoms with van der Waals surface area (Å²) in [6, 6.07) is 13.4. The second-order valence-electron chi connectivity index (χ2n) is 6.66. The molecule has 1 N–H and O–H groups in total. The Balaban J connectivity index is 1.82. The van der Waals surface area contributed by atoms with Crippen molar-refractivity contribution in [1.29, 1.82) is 0 Å². The van der Waals surface area contributed by atoms with Gasteiger partial charge in [-0.15, -0.1) is 0 Å². The number of hydrogen-bond acceptors (Lipinski definition) is 5. The lowest BCUT2D eigenvalue weighted by Crippen LogP contribution is -2.34. The van der Waals surface area contributed by atoms with Gasteiger partial charge < -0.3 is 19.2 Å². The molecule has 1 amide bonds. The minimum atomic E-state index is -1.08. The molecule has 1 aromatic heterocycles. The number of fused-ring (bicyclic) bond motifs is 1. The van der Waals surface area contributed by atoms with Crippen LogP contribution >= 0.6 is 0 Å². The molecule has 1 aliphatic heterocycles. The van der Waals surface area contributed by atoms with Crippen molar-refractivity contribution in [2.45, 2.75) is 6.04 Å². The molecular weight excluding hydrogens is 377 g/mol. The van der Waals surface area contributed by atoms with Crippen LogP contribution in [0.25, 0.3) is 11.0 Å². The number of ether oxygens (including phenoxy) is 1. The Morgan fingerprint density at radius 1 is 1.21 bits per heavy atom. The molecule has 0 aliphatic carbocycles. The Hall–Kier alpha value is -3.45. The lowest BCUT2D eigenvalue weighted by molar-refractivity contribution is -0.130. The van der Waals surface area contributed by atoms with Crippen LogP contribution < -0.4 is 0 Å². The molecule has 1 unspecified atom stereocenters. The van der Waals surface area contributed by atoms with Gasteiger partial charge in [-0.3, -0.25) is 9.59 Å². The summed E-state index contributed by atoms with van der Waals surface area (Å²) in [7, 11) is 1.46. The van der Waals surface area contributed by atoms with Crippen molar-refractivity contribution in [3.8, 4) is 0 Å². The molecule has 2 aromatic carbocycles. The number of Topliss-reactive ketones (excluding diaryl/α,β-unsaturated/α-hetero) is 1. The molecule has 2 heterocycles. The van der Waals surface area contributed by atoms with Gasteiger partial charge in [0.05, 0.1) is 18.2 Å². The molecule has 3 aromatic rings. The molecule has 29 heavy (non-hydrogen) atoms. The standard InChI is InChI=1S/C22H18FNO5/c1-28-11-10-24-19(14-7-3-4-8-15(14)23)18(21(26)22(24)27)20(25)17-12-13-6-2-5-9-16(13)29-17/h2-9,12,19,26H,10-11H2,1H3. The van der Waals surface area contributed by atoms with Crippen LogP contribution in [0.3, 0.4) is 0 Å². The predicted molar refractivity (Wildman–Crippen MR) is 103 cm³/mol. The Kier molecular flexibility index (Phi) is 4.90. The van der Waals surface area contributed by atoms with E-state index in [1.54, 1.807) is 36.4 Å². The molecule has 148 valence electrons. The van der Waals surface area contributed by atoms with Gasteiger partial charge in [-0.1, -0.05) is 36.4 Å². The number of para-hydroxylation sites is 1. The van der Waals surface area contributed by atoms with Crippen molar-refractivity contribution < 1.29 is 28.2 Å². The van der Waals surface area contributed by atoms with Gasteiger partial charge in [-0.2, -0.15) is 0 Å². The number of furan rings is 1. The van der Waals surface area contributed by atoms with Gasteiger partial charge in [0.2, 0.25) is 5.78 Å². The Morgan fingerprint density at radius 3 is 2.66 bits per heavy atom. The number of aliphatic hydroxyl groups excluding tert-OH is 1. The fourth-order valence-electron chi connectivity index (χ4n) is 3.55. The quantitative estimate of drug-likeness (QED) is 0.643. The summed E-state index contributed by atoms with van der Waals surface area (Å²) in [5.41, 5.74) is 0.398. The van der Waals surface area contributed by atoms with Crippen LogP contribution in [0.15, 0.2) is 70.3 Å². The van der Waals surface area contributed by atoms with Crippen LogP contribution in [0.2, 0.25) is 0 Å². The maximum Gasteiger partial charge on any atom is 0.290 e. The van der Waals surface area contributed by atoms with E-state index < -0.39 is 29.3 Å². The number of benzene rings is 2. The van der Waals surface area contributed by atoms with E-state index in [4.69, 9.17) is 9.15 Å². The van der Waals surface area contributed by atoms with Crippen LogP contribution in [0.4, 0.5) is 4.39 Å². The van der Waals surface area contributed by atoms with E-state index in [1.165, 1.54) is 30.2 Å². The van der Waals surface area contributed by atoms with Gasteiger partial charge in [0.15, 0.2) is 11.5 Å². The highest BCUT2D eigenvalue weighted by molar-refractivity contribution is 6.16. The number of carbonyl (C=O) groups is 2. The summed E-state index contributed by atoms with van der Waals surface area (Å²) < 4.78 is 25.2. The van der Waals surface area contributed by atoms with E-state index >= 15 is 0 Å². The number of methoxy groups -OCH3 is 1. The number of ketones is 1. The van der Waals surface area contributed by atoms with Crippen molar-refractivity contribution in [3.63, 3.8) is 0 Å². The smallest absolute Gasteiger partial charge is 0.290 e. The summed E-state index contributed by atoms with van der Waals surface area (Å²) in [6.45, 7) is 0.241. The highest BCUT2D eigenvalue weighted by atomic mass is 19.1. The number of amides is 1. The van der Waals surface area contributed by atoms with Crippen LogP contribution in [0.1, 0.15) is 22.2 Å². The molecule has 0 fully saturated rings. The van der Waals surface area contributed by atoms with E-state index in [1.807, 2.05) is 0 Å². The first-order chi connectivity index (χ1) is 14.0. The number of carbonyl (C=O) groups excluding carboxylic acids is 2. The van der Waals surface area contributed by atoms with E-state index in [0.717, 1.165) is 0 Å².